The lowest BCUT2D eigenvalue weighted by molar-refractivity contribution is -0.139. The average Bonchev–Trinajstić information content (AvgIpc) is 3.32. The normalized spacial score (nSPS) is 24.0. The van der Waals surface area contributed by atoms with Crippen molar-refractivity contribution in [1.29, 1.82) is 0 Å². The van der Waals surface area contributed by atoms with Crippen molar-refractivity contribution in [2.24, 2.45) is 17.8 Å². The number of carbonyl (C=O) groups excluding carboxylic acids is 4. The second-order valence-corrected chi connectivity index (χ2v) is 9.83. The molecule has 0 saturated carbocycles. The Morgan fingerprint density at radius 1 is 0.914 bits per heavy atom. The summed E-state index contributed by atoms with van der Waals surface area (Å²) >= 11 is 0. The third kappa shape index (κ3) is 4.16. The number of allylic oxidation sites excluding steroid dienone is 2. The molecule has 2 fully saturated rings. The Labute approximate surface area is 204 Å². The number of aryl methyl sites for hydroxylation is 2. The minimum atomic E-state index is -0.566. The van der Waals surface area contributed by atoms with Crippen LogP contribution in [0.2, 0.25) is 0 Å². The molecule has 7 nitrogen and oxygen atoms in total. The summed E-state index contributed by atoms with van der Waals surface area (Å²) in [5, 5.41) is 0. The highest BCUT2D eigenvalue weighted by Gasteiger charge is 2.48. The van der Waals surface area contributed by atoms with Crippen LogP contribution in [0.5, 0.6) is 5.75 Å². The van der Waals surface area contributed by atoms with Crippen LogP contribution in [0, 0.1) is 31.6 Å². The van der Waals surface area contributed by atoms with Crippen LogP contribution in [0.15, 0.2) is 54.1 Å². The van der Waals surface area contributed by atoms with Gasteiger partial charge in [-0.05, 0) is 69.5 Å². The number of nitrogens with zero attached hydrogens (tertiary/aromatic N) is 2. The molecule has 0 N–H and O–H groups in total. The molecule has 3 amide bonds. The SMILES string of the molecule is CC1=CC[C@@H]2C(=O)N(c3ccc(OC(=O)[C@@H]4CC(=O)N(c5ccc(C)cc5C)C4)cc3)C(=O)[C@@H]2C1. The number of rotatable bonds is 4. The van der Waals surface area contributed by atoms with Gasteiger partial charge in [-0.1, -0.05) is 29.3 Å². The Bertz CT molecular complexity index is 1260. The van der Waals surface area contributed by atoms with Gasteiger partial charge in [0, 0.05) is 18.7 Å². The highest BCUT2D eigenvalue weighted by Crippen LogP contribution is 2.40. The molecule has 0 spiro atoms. The van der Waals surface area contributed by atoms with Gasteiger partial charge in [-0.25, -0.2) is 0 Å². The fourth-order valence-electron chi connectivity index (χ4n) is 5.36. The highest BCUT2D eigenvalue weighted by molar-refractivity contribution is 6.22. The number of benzene rings is 2. The van der Waals surface area contributed by atoms with Crippen LogP contribution in [0.4, 0.5) is 11.4 Å². The molecule has 3 atom stereocenters. The lowest BCUT2D eigenvalue weighted by atomic mass is 9.82. The number of hydrogen-bond donors (Lipinski definition) is 0. The van der Waals surface area contributed by atoms with Crippen LogP contribution >= 0.6 is 0 Å². The van der Waals surface area contributed by atoms with Crippen LogP contribution in [-0.2, 0) is 19.2 Å². The Morgan fingerprint density at radius 2 is 1.63 bits per heavy atom. The summed E-state index contributed by atoms with van der Waals surface area (Å²) in [5.41, 5.74) is 4.52. The van der Waals surface area contributed by atoms with Crippen molar-refractivity contribution in [2.75, 3.05) is 16.3 Å². The number of fused-ring (bicyclic) bond motifs is 1. The Kier molecular flexibility index (Phi) is 5.79. The zero-order valence-electron chi connectivity index (χ0n) is 20.1. The Morgan fingerprint density at radius 3 is 2.34 bits per heavy atom. The van der Waals surface area contributed by atoms with E-state index in [-0.39, 0.29) is 42.5 Å². The number of imide groups is 1. The summed E-state index contributed by atoms with van der Waals surface area (Å²) in [5.74, 6) is -1.79. The zero-order chi connectivity index (χ0) is 24.9. The van der Waals surface area contributed by atoms with Gasteiger partial charge in [0.25, 0.3) is 0 Å². The lowest BCUT2D eigenvalue weighted by Crippen LogP contribution is -2.30. The predicted molar refractivity (Wildman–Crippen MR) is 131 cm³/mol. The Balaban J connectivity index is 1.25. The van der Waals surface area contributed by atoms with E-state index in [0.717, 1.165) is 22.4 Å². The van der Waals surface area contributed by atoms with Gasteiger partial charge in [-0.2, -0.15) is 0 Å². The van der Waals surface area contributed by atoms with Crippen LogP contribution in [0.1, 0.15) is 37.3 Å². The first-order valence-corrected chi connectivity index (χ1v) is 12.0. The molecule has 0 aromatic heterocycles. The second kappa shape index (κ2) is 8.80. The largest absolute Gasteiger partial charge is 0.426 e. The van der Waals surface area contributed by atoms with E-state index >= 15 is 0 Å². The van der Waals surface area contributed by atoms with Crippen LogP contribution in [0.3, 0.4) is 0 Å². The summed E-state index contributed by atoms with van der Waals surface area (Å²) in [7, 11) is 0. The molecule has 0 unspecified atom stereocenters. The van der Waals surface area contributed by atoms with E-state index in [1.807, 2.05) is 45.0 Å². The summed E-state index contributed by atoms with van der Waals surface area (Å²) in [4.78, 5) is 54.1. The molecule has 1 aliphatic carbocycles. The predicted octanol–water partition coefficient (Wildman–Crippen LogP) is 4.11. The molecule has 35 heavy (non-hydrogen) atoms. The standard InChI is InChI=1S/C28H28N2O5/c1-16-5-11-24(18(3)12-16)29-15-19(14-25(29)31)28(34)35-21-8-6-20(7-9-21)30-26(32)22-10-4-17(2)13-23(22)27(30)33/h4-9,11-12,19,22-23H,10,13-15H2,1-3H3/t19-,22+,23-/m1/s1. The Hall–Kier alpha value is -3.74. The topological polar surface area (TPSA) is 84.0 Å². The van der Waals surface area contributed by atoms with Crippen molar-refractivity contribution in [3.8, 4) is 5.75 Å². The van der Waals surface area contributed by atoms with Crippen LogP contribution in [0.25, 0.3) is 0 Å². The number of hydrogen-bond acceptors (Lipinski definition) is 5. The van der Waals surface area contributed by atoms with Gasteiger partial charge in [0.05, 0.1) is 23.4 Å². The molecular formula is C28H28N2O5. The van der Waals surface area contributed by atoms with E-state index in [4.69, 9.17) is 4.74 Å². The van der Waals surface area contributed by atoms with Crippen molar-refractivity contribution in [3.63, 3.8) is 0 Å². The van der Waals surface area contributed by atoms with Gasteiger partial charge in [0.2, 0.25) is 17.7 Å². The monoisotopic (exact) mass is 472 g/mol. The first-order valence-electron chi connectivity index (χ1n) is 12.0. The second-order valence-electron chi connectivity index (χ2n) is 9.83. The maximum Gasteiger partial charge on any atom is 0.316 e. The molecule has 3 aliphatic rings. The maximum atomic E-state index is 12.9. The number of amides is 3. The summed E-state index contributed by atoms with van der Waals surface area (Å²) in [6, 6.07) is 12.3. The minimum absolute atomic E-state index is 0.0945. The van der Waals surface area contributed by atoms with Gasteiger partial charge in [0.15, 0.2) is 0 Å². The van der Waals surface area contributed by atoms with Crippen LogP contribution in [-0.4, -0.2) is 30.2 Å². The van der Waals surface area contributed by atoms with Gasteiger partial charge in [0.1, 0.15) is 5.75 Å². The summed E-state index contributed by atoms with van der Waals surface area (Å²) in [6.07, 6.45) is 3.33. The molecule has 180 valence electrons. The van der Waals surface area contributed by atoms with E-state index in [1.165, 1.54) is 4.90 Å². The van der Waals surface area contributed by atoms with Crippen molar-refractivity contribution in [3.05, 3.63) is 65.2 Å². The third-order valence-electron chi connectivity index (χ3n) is 7.24. The summed E-state index contributed by atoms with van der Waals surface area (Å²) < 4.78 is 5.55. The molecule has 2 heterocycles. The van der Waals surface area contributed by atoms with E-state index < -0.39 is 11.9 Å². The number of ether oxygens (including phenoxy) is 1. The average molecular weight is 473 g/mol. The molecule has 2 saturated heterocycles. The molecule has 2 aliphatic heterocycles. The minimum Gasteiger partial charge on any atom is -0.426 e. The third-order valence-corrected chi connectivity index (χ3v) is 7.24. The van der Waals surface area contributed by atoms with Crippen LogP contribution < -0.4 is 14.5 Å². The smallest absolute Gasteiger partial charge is 0.316 e. The molecule has 7 heteroatoms. The van der Waals surface area contributed by atoms with E-state index in [9.17, 15) is 19.2 Å². The number of anilines is 2. The van der Waals surface area contributed by atoms with Crippen molar-refractivity contribution in [2.45, 2.75) is 40.0 Å². The maximum absolute atomic E-state index is 12.9. The number of esters is 1. The molecule has 2 aromatic rings. The molecule has 2 aromatic carbocycles. The van der Waals surface area contributed by atoms with Crippen molar-refractivity contribution < 1.29 is 23.9 Å². The lowest BCUT2D eigenvalue weighted by Gasteiger charge is -2.19. The van der Waals surface area contributed by atoms with Gasteiger partial charge in [-0.3, -0.25) is 24.1 Å². The fraction of sp³-hybridized carbons (Fsp3) is 0.357. The molecular weight excluding hydrogens is 444 g/mol. The van der Waals surface area contributed by atoms with E-state index in [0.29, 0.717) is 24.3 Å². The van der Waals surface area contributed by atoms with Gasteiger partial charge >= 0.3 is 5.97 Å². The quantitative estimate of drug-likeness (QED) is 0.289. The summed E-state index contributed by atoms with van der Waals surface area (Å²) in [6.45, 7) is 6.20. The first kappa shape index (κ1) is 23.0. The van der Waals surface area contributed by atoms with Gasteiger partial charge < -0.3 is 9.64 Å². The first-order chi connectivity index (χ1) is 16.7. The highest BCUT2D eigenvalue weighted by atomic mass is 16.5. The van der Waals surface area contributed by atoms with E-state index in [2.05, 4.69) is 0 Å². The number of carbonyl (C=O) groups is 4. The molecule has 0 bridgehead atoms. The van der Waals surface area contributed by atoms with E-state index in [1.54, 1.807) is 29.2 Å². The molecule has 5 rings (SSSR count). The zero-order valence-corrected chi connectivity index (χ0v) is 20.1. The van der Waals surface area contributed by atoms with Crippen molar-refractivity contribution in [1.82, 2.24) is 0 Å². The fourth-order valence-corrected chi connectivity index (χ4v) is 5.36. The van der Waals surface area contributed by atoms with Crippen molar-refractivity contribution >= 4 is 35.1 Å². The molecule has 0 radical (unpaired) electrons. The van der Waals surface area contributed by atoms with Gasteiger partial charge in [-0.15, -0.1) is 0 Å².